The molecule has 0 bridgehead atoms. The van der Waals surface area contributed by atoms with Crippen LogP contribution in [0, 0.1) is 5.92 Å². The van der Waals surface area contributed by atoms with Gasteiger partial charge in [0.15, 0.2) is 0 Å². The first-order valence-corrected chi connectivity index (χ1v) is 7.41. The molecule has 2 nitrogen and oxygen atoms in total. The van der Waals surface area contributed by atoms with Gasteiger partial charge in [0.1, 0.15) is 5.84 Å². The molecule has 19 heavy (non-hydrogen) atoms. The highest BCUT2D eigenvalue weighted by molar-refractivity contribution is 5.85. The molecule has 1 saturated carbocycles. The zero-order chi connectivity index (χ0) is 13.9. The molecule has 1 aromatic carbocycles. The zero-order valence-electron chi connectivity index (χ0n) is 12.4. The fraction of sp³-hybridized carbons (Fsp3) is 0.588. The van der Waals surface area contributed by atoms with Gasteiger partial charge in [-0.1, -0.05) is 52.2 Å². The van der Waals surface area contributed by atoms with E-state index < -0.39 is 0 Å². The summed E-state index contributed by atoms with van der Waals surface area (Å²) in [4.78, 5) is 4.60. The Balaban J connectivity index is 2.09. The topological polar surface area (TPSA) is 38.4 Å². The summed E-state index contributed by atoms with van der Waals surface area (Å²) in [6.45, 7) is 6.67. The molecule has 0 aromatic heterocycles. The highest BCUT2D eigenvalue weighted by Gasteiger charge is 2.17. The minimum atomic E-state index is 0.192. The zero-order valence-corrected chi connectivity index (χ0v) is 12.4. The van der Waals surface area contributed by atoms with Crippen LogP contribution in [0.15, 0.2) is 29.3 Å². The van der Waals surface area contributed by atoms with E-state index in [-0.39, 0.29) is 5.41 Å². The molecule has 0 spiro atoms. The van der Waals surface area contributed by atoms with Crippen LogP contribution in [0.25, 0.3) is 0 Å². The second-order valence-electron chi connectivity index (χ2n) is 6.67. The first kappa shape index (κ1) is 14.1. The van der Waals surface area contributed by atoms with Gasteiger partial charge in [-0.15, -0.1) is 0 Å². The van der Waals surface area contributed by atoms with Crippen molar-refractivity contribution in [2.45, 2.75) is 58.3 Å². The Morgan fingerprint density at radius 1 is 1.05 bits per heavy atom. The maximum Gasteiger partial charge on any atom is 0.103 e. The number of amidine groups is 1. The fourth-order valence-corrected chi connectivity index (χ4v) is 2.67. The van der Waals surface area contributed by atoms with Crippen LogP contribution in [0.3, 0.4) is 0 Å². The summed E-state index contributed by atoms with van der Waals surface area (Å²) < 4.78 is 0. The van der Waals surface area contributed by atoms with E-state index in [1.54, 1.807) is 0 Å². The van der Waals surface area contributed by atoms with Crippen molar-refractivity contribution in [1.29, 1.82) is 0 Å². The predicted octanol–water partition coefficient (Wildman–Crippen LogP) is 4.55. The highest BCUT2D eigenvalue weighted by Crippen LogP contribution is 2.27. The molecule has 0 aliphatic heterocycles. The van der Waals surface area contributed by atoms with Gasteiger partial charge in [0, 0.05) is 5.92 Å². The lowest BCUT2D eigenvalue weighted by Gasteiger charge is -2.21. The summed E-state index contributed by atoms with van der Waals surface area (Å²) >= 11 is 0. The summed E-state index contributed by atoms with van der Waals surface area (Å²) in [5.74, 6) is 1.32. The van der Waals surface area contributed by atoms with E-state index in [9.17, 15) is 0 Å². The monoisotopic (exact) mass is 258 g/mol. The third-order valence-corrected chi connectivity index (χ3v) is 4.01. The standard InChI is InChI=1S/C17H26N2/c1-17(2,3)14-9-11-15(12-10-14)19-16(18)13-7-5-4-6-8-13/h9-13H,4-8H2,1-3H3,(H2,18,19). The van der Waals surface area contributed by atoms with E-state index in [0.29, 0.717) is 5.92 Å². The molecule has 2 N–H and O–H groups in total. The van der Waals surface area contributed by atoms with Crippen molar-refractivity contribution in [3.63, 3.8) is 0 Å². The minimum Gasteiger partial charge on any atom is -0.387 e. The van der Waals surface area contributed by atoms with Gasteiger partial charge < -0.3 is 5.73 Å². The molecule has 104 valence electrons. The Morgan fingerprint density at radius 2 is 1.63 bits per heavy atom. The van der Waals surface area contributed by atoms with Gasteiger partial charge in [0.05, 0.1) is 5.69 Å². The maximum atomic E-state index is 6.15. The summed E-state index contributed by atoms with van der Waals surface area (Å²) in [5, 5.41) is 0. The SMILES string of the molecule is CC(C)(C)c1ccc(N=C(N)C2CCCCC2)cc1. The third-order valence-electron chi connectivity index (χ3n) is 4.01. The average molecular weight is 258 g/mol. The molecule has 1 aliphatic carbocycles. The van der Waals surface area contributed by atoms with Crippen LogP contribution < -0.4 is 5.73 Å². The number of rotatable bonds is 2. The molecular formula is C17H26N2. The molecule has 0 saturated heterocycles. The van der Waals surface area contributed by atoms with Gasteiger partial charge in [-0.25, -0.2) is 4.99 Å². The van der Waals surface area contributed by atoms with Crippen LogP contribution >= 0.6 is 0 Å². The molecule has 2 heteroatoms. The second kappa shape index (κ2) is 5.77. The normalized spacial score (nSPS) is 18.6. The Labute approximate surface area is 117 Å². The number of benzene rings is 1. The van der Waals surface area contributed by atoms with E-state index in [0.717, 1.165) is 11.5 Å². The quantitative estimate of drug-likeness (QED) is 0.613. The molecule has 0 unspecified atom stereocenters. The summed E-state index contributed by atoms with van der Waals surface area (Å²) in [7, 11) is 0. The number of aliphatic imine (C=N–C) groups is 1. The van der Waals surface area contributed by atoms with Crippen LogP contribution in [0.5, 0.6) is 0 Å². The highest BCUT2D eigenvalue weighted by atomic mass is 14.9. The lowest BCUT2D eigenvalue weighted by Crippen LogP contribution is -2.25. The van der Waals surface area contributed by atoms with Gasteiger partial charge in [-0.05, 0) is 36.0 Å². The first-order valence-electron chi connectivity index (χ1n) is 7.41. The third kappa shape index (κ3) is 3.82. The van der Waals surface area contributed by atoms with E-state index in [1.165, 1.54) is 37.7 Å². The lowest BCUT2D eigenvalue weighted by molar-refractivity contribution is 0.437. The molecule has 0 heterocycles. The number of nitrogens with zero attached hydrogens (tertiary/aromatic N) is 1. The van der Waals surface area contributed by atoms with E-state index in [2.05, 4.69) is 50.0 Å². The predicted molar refractivity (Wildman–Crippen MR) is 83.0 cm³/mol. The molecule has 0 radical (unpaired) electrons. The largest absolute Gasteiger partial charge is 0.387 e. The van der Waals surface area contributed by atoms with E-state index >= 15 is 0 Å². The molecule has 1 aromatic rings. The van der Waals surface area contributed by atoms with E-state index in [1.807, 2.05) is 0 Å². The fourth-order valence-electron chi connectivity index (χ4n) is 2.67. The number of hydrogen-bond donors (Lipinski definition) is 1. The van der Waals surface area contributed by atoms with Crippen LogP contribution in [-0.4, -0.2) is 5.84 Å². The summed E-state index contributed by atoms with van der Waals surface area (Å²) in [5.41, 5.74) is 8.66. The Bertz CT molecular complexity index is 431. The van der Waals surface area contributed by atoms with Crippen LogP contribution in [-0.2, 0) is 5.41 Å². The van der Waals surface area contributed by atoms with Crippen molar-refractivity contribution in [3.05, 3.63) is 29.8 Å². The Morgan fingerprint density at radius 3 is 2.16 bits per heavy atom. The summed E-state index contributed by atoms with van der Waals surface area (Å²) in [6.07, 6.45) is 6.35. The molecular weight excluding hydrogens is 232 g/mol. The van der Waals surface area contributed by atoms with Gasteiger partial charge in [-0.3, -0.25) is 0 Å². The summed E-state index contributed by atoms with van der Waals surface area (Å²) in [6, 6.07) is 8.48. The molecule has 2 rings (SSSR count). The van der Waals surface area contributed by atoms with Gasteiger partial charge in [0.2, 0.25) is 0 Å². The average Bonchev–Trinajstić information content (AvgIpc) is 2.39. The van der Waals surface area contributed by atoms with Crippen LogP contribution in [0.2, 0.25) is 0 Å². The van der Waals surface area contributed by atoms with Crippen LogP contribution in [0.4, 0.5) is 5.69 Å². The molecule has 0 atom stereocenters. The van der Waals surface area contributed by atoms with Crippen molar-refractivity contribution in [2.75, 3.05) is 0 Å². The van der Waals surface area contributed by atoms with Crippen molar-refractivity contribution in [1.82, 2.24) is 0 Å². The lowest BCUT2D eigenvalue weighted by atomic mass is 9.87. The molecule has 1 fully saturated rings. The second-order valence-corrected chi connectivity index (χ2v) is 6.67. The van der Waals surface area contributed by atoms with Crippen LogP contribution in [0.1, 0.15) is 58.4 Å². The van der Waals surface area contributed by atoms with Gasteiger partial charge in [-0.2, -0.15) is 0 Å². The molecule has 1 aliphatic rings. The minimum absolute atomic E-state index is 0.192. The molecule has 0 amide bonds. The van der Waals surface area contributed by atoms with Crippen molar-refractivity contribution >= 4 is 11.5 Å². The Hall–Kier alpha value is -1.31. The van der Waals surface area contributed by atoms with E-state index in [4.69, 9.17) is 5.73 Å². The number of hydrogen-bond acceptors (Lipinski definition) is 1. The maximum absolute atomic E-state index is 6.15. The van der Waals surface area contributed by atoms with Gasteiger partial charge >= 0.3 is 0 Å². The van der Waals surface area contributed by atoms with Gasteiger partial charge in [0.25, 0.3) is 0 Å². The van der Waals surface area contributed by atoms with Crippen molar-refractivity contribution in [3.8, 4) is 0 Å². The Kier molecular flexibility index (Phi) is 4.28. The van der Waals surface area contributed by atoms with Crippen molar-refractivity contribution in [2.24, 2.45) is 16.6 Å². The number of nitrogens with two attached hydrogens (primary N) is 1. The smallest absolute Gasteiger partial charge is 0.103 e. The first-order chi connectivity index (χ1) is 8.97. The van der Waals surface area contributed by atoms with Crippen molar-refractivity contribution < 1.29 is 0 Å².